The van der Waals surface area contributed by atoms with Crippen LogP contribution in [0.3, 0.4) is 0 Å². The van der Waals surface area contributed by atoms with Crippen LogP contribution in [0.4, 0.5) is 13.2 Å². The molecule has 7 nitrogen and oxygen atoms in total. The van der Waals surface area contributed by atoms with E-state index in [1.807, 2.05) is 4.72 Å². The summed E-state index contributed by atoms with van der Waals surface area (Å²) in [4.78, 5) is 10.2. The minimum Gasteiger partial charge on any atom is -0.476 e. The highest BCUT2D eigenvalue weighted by Crippen LogP contribution is 2.29. The Hall–Kier alpha value is -1.27. The van der Waals surface area contributed by atoms with Crippen molar-refractivity contribution in [3.8, 4) is 0 Å². The number of alkyl halides is 3. The highest BCUT2D eigenvalue weighted by Gasteiger charge is 2.30. The monoisotopic (exact) mass is 333 g/mol. The quantitative estimate of drug-likeness (QED) is 0.668. The maximum absolute atomic E-state index is 11.9. The van der Waals surface area contributed by atoms with Crippen molar-refractivity contribution in [2.45, 2.75) is 17.3 Å². The van der Waals surface area contributed by atoms with Crippen molar-refractivity contribution >= 4 is 27.8 Å². The Balaban J connectivity index is 2.80. The number of H-pyrrole nitrogens is 1. The van der Waals surface area contributed by atoms with Crippen molar-refractivity contribution in [3.63, 3.8) is 0 Å². The van der Waals surface area contributed by atoms with Gasteiger partial charge in [0.2, 0.25) is 10.0 Å². The number of aromatic carboxylic acids is 1. The Morgan fingerprint density at radius 1 is 1.50 bits per heavy atom. The van der Waals surface area contributed by atoms with Crippen molar-refractivity contribution in [2.75, 3.05) is 12.3 Å². The van der Waals surface area contributed by atoms with Crippen LogP contribution in [0.1, 0.15) is 16.2 Å². The number of carboxylic acid groups (broad SMARTS) is 1. The maximum Gasteiger partial charge on any atom is 0.441 e. The number of hydrogen-bond acceptors (Lipinski definition) is 5. The minimum atomic E-state index is -4.46. The molecule has 1 aromatic rings. The van der Waals surface area contributed by atoms with Gasteiger partial charge in [0, 0.05) is 12.3 Å². The standard InChI is InChI=1S/C8H10F3N3O4S2/c1-4-6(5(7(15)16)14-13-4)20(17,18)12-2-3-19-8(9,10)11/h12H,2-3H2,1H3,(H,13,14)(H,15,16). The van der Waals surface area contributed by atoms with Gasteiger partial charge in [0.15, 0.2) is 5.69 Å². The molecule has 1 heterocycles. The number of hydrogen-bond donors (Lipinski definition) is 3. The molecule has 0 saturated heterocycles. The number of carboxylic acids is 1. The zero-order valence-electron chi connectivity index (χ0n) is 9.98. The first-order valence-electron chi connectivity index (χ1n) is 5.03. The average Bonchev–Trinajstić information content (AvgIpc) is 2.66. The number of carbonyl (C=O) groups is 1. The van der Waals surface area contributed by atoms with Gasteiger partial charge in [-0.1, -0.05) is 0 Å². The van der Waals surface area contributed by atoms with Crippen LogP contribution < -0.4 is 4.72 Å². The van der Waals surface area contributed by atoms with Crippen molar-refractivity contribution < 1.29 is 31.5 Å². The number of sulfonamides is 1. The fraction of sp³-hybridized carbons (Fsp3) is 0.500. The van der Waals surface area contributed by atoms with Crippen LogP contribution in [-0.2, 0) is 10.0 Å². The Kier molecular flexibility index (Phi) is 5.05. The second kappa shape index (κ2) is 6.01. The molecule has 0 aliphatic carbocycles. The van der Waals surface area contributed by atoms with E-state index in [0.717, 1.165) is 0 Å². The molecule has 12 heteroatoms. The third-order valence-electron chi connectivity index (χ3n) is 2.02. The predicted octanol–water partition coefficient (Wildman–Crippen LogP) is 0.948. The van der Waals surface area contributed by atoms with Gasteiger partial charge in [-0.2, -0.15) is 18.3 Å². The summed E-state index contributed by atoms with van der Waals surface area (Å²) in [5, 5.41) is 14.3. The molecule has 0 spiro atoms. The molecule has 0 aliphatic heterocycles. The maximum atomic E-state index is 11.9. The van der Waals surface area contributed by atoms with E-state index in [1.165, 1.54) is 6.92 Å². The summed E-state index contributed by atoms with van der Waals surface area (Å²) in [5.41, 5.74) is -5.18. The Bertz CT molecular complexity index is 597. The number of halogens is 3. The summed E-state index contributed by atoms with van der Waals surface area (Å²) in [6.07, 6.45) is 0. The number of nitrogens with one attached hydrogen (secondary N) is 2. The number of aryl methyl sites for hydroxylation is 1. The molecule has 0 amide bonds. The normalized spacial score (nSPS) is 12.6. The highest BCUT2D eigenvalue weighted by molar-refractivity contribution is 8.00. The zero-order valence-corrected chi connectivity index (χ0v) is 11.6. The fourth-order valence-corrected chi connectivity index (χ4v) is 3.22. The smallest absolute Gasteiger partial charge is 0.441 e. The average molecular weight is 333 g/mol. The van der Waals surface area contributed by atoms with E-state index in [-0.39, 0.29) is 17.5 Å². The lowest BCUT2D eigenvalue weighted by Gasteiger charge is -2.08. The van der Waals surface area contributed by atoms with E-state index in [4.69, 9.17) is 5.11 Å². The molecule has 0 aromatic carbocycles. The summed E-state index contributed by atoms with van der Waals surface area (Å²) in [6, 6.07) is 0. The van der Waals surface area contributed by atoms with Crippen LogP contribution in [0.2, 0.25) is 0 Å². The first-order valence-corrected chi connectivity index (χ1v) is 7.50. The molecule has 3 N–H and O–H groups in total. The van der Waals surface area contributed by atoms with Crippen molar-refractivity contribution in [1.29, 1.82) is 0 Å². The first-order chi connectivity index (χ1) is 9.04. The van der Waals surface area contributed by atoms with Gasteiger partial charge in [-0.3, -0.25) is 5.10 Å². The number of aromatic amines is 1. The van der Waals surface area contributed by atoms with E-state index in [0.29, 0.717) is 0 Å². The van der Waals surface area contributed by atoms with Gasteiger partial charge in [-0.05, 0) is 18.7 Å². The van der Waals surface area contributed by atoms with Crippen LogP contribution in [0.5, 0.6) is 0 Å². The SMILES string of the molecule is Cc1[nH]nc(C(=O)O)c1S(=O)(=O)NCCSC(F)(F)F. The van der Waals surface area contributed by atoms with Crippen LogP contribution in [0, 0.1) is 6.92 Å². The van der Waals surface area contributed by atoms with Gasteiger partial charge >= 0.3 is 11.5 Å². The van der Waals surface area contributed by atoms with Gasteiger partial charge in [-0.15, -0.1) is 0 Å². The summed E-state index contributed by atoms with van der Waals surface area (Å²) in [5.74, 6) is -2.08. The summed E-state index contributed by atoms with van der Waals surface area (Å²) in [7, 11) is -4.25. The minimum absolute atomic E-state index is 0.0154. The molecule has 0 saturated carbocycles. The molecule has 0 aliphatic rings. The van der Waals surface area contributed by atoms with Crippen molar-refractivity contribution in [2.24, 2.45) is 0 Å². The lowest BCUT2D eigenvalue weighted by atomic mass is 10.4. The van der Waals surface area contributed by atoms with Crippen LogP contribution in [0.25, 0.3) is 0 Å². The van der Waals surface area contributed by atoms with Crippen LogP contribution >= 0.6 is 11.8 Å². The Labute approximate surface area is 116 Å². The number of nitrogens with zero attached hydrogens (tertiary/aromatic N) is 1. The largest absolute Gasteiger partial charge is 0.476 e. The van der Waals surface area contributed by atoms with E-state index >= 15 is 0 Å². The highest BCUT2D eigenvalue weighted by atomic mass is 32.2. The first kappa shape index (κ1) is 16.8. The van der Waals surface area contributed by atoms with E-state index in [2.05, 4.69) is 10.2 Å². The third-order valence-corrected chi connectivity index (χ3v) is 4.38. The van der Waals surface area contributed by atoms with Gasteiger partial charge in [0.05, 0.1) is 5.69 Å². The third kappa shape index (κ3) is 4.38. The van der Waals surface area contributed by atoms with Gasteiger partial charge in [0.1, 0.15) is 4.90 Å². The molecule has 114 valence electrons. The lowest BCUT2D eigenvalue weighted by molar-refractivity contribution is -0.0327. The second-order valence-electron chi connectivity index (χ2n) is 3.52. The summed E-state index contributed by atoms with van der Waals surface area (Å²) in [6.45, 7) is 0.800. The predicted molar refractivity (Wildman–Crippen MR) is 64.0 cm³/mol. The molecule has 0 radical (unpaired) electrons. The van der Waals surface area contributed by atoms with Gasteiger partial charge < -0.3 is 5.11 Å². The molecule has 1 rings (SSSR count). The molecule has 0 atom stereocenters. The van der Waals surface area contributed by atoms with Gasteiger partial charge in [-0.25, -0.2) is 17.9 Å². The molecule has 20 heavy (non-hydrogen) atoms. The van der Waals surface area contributed by atoms with E-state index in [9.17, 15) is 26.4 Å². The molecular formula is C8H10F3N3O4S2. The number of rotatable bonds is 6. The molecule has 0 unspecified atom stereocenters. The molecule has 0 bridgehead atoms. The number of thioether (sulfide) groups is 1. The number of aromatic nitrogens is 2. The van der Waals surface area contributed by atoms with E-state index < -0.39 is 44.4 Å². The zero-order chi connectivity index (χ0) is 15.6. The van der Waals surface area contributed by atoms with Crippen molar-refractivity contribution in [3.05, 3.63) is 11.4 Å². The summed E-state index contributed by atoms with van der Waals surface area (Å²) < 4.78 is 61.2. The molecule has 1 aromatic heterocycles. The van der Waals surface area contributed by atoms with Gasteiger partial charge in [0.25, 0.3) is 0 Å². The fourth-order valence-electron chi connectivity index (χ4n) is 1.31. The van der Waals surface area contributed by atoms with Crippen LogP contribution in [0.15, 0.2) is 4.90 Å². The molecule has 0 fully saturated rings. The van der Waals surface area contributed by atoms with Crippen molar-refractivity contribution in [1.82, 2.24) is 14.9 Å². The lowest BCUT2D eigenvalue weighted by Crippen LogP contribution is -2.28. The second-order valence-corrected chi connectivity index (χ2v) is 6.39. The van der Waals surface area contributed by atoms with E-state index in [1.54, 1.807) is 0 Å². The van der Waals surface area contributed by atoms with Crippen LogP contribution in [-0.4, -0.2) is 47.5 Å². The molecular weight excluding hydrogens is 323 g/mol. The Morgan fingerprint density at radius 2 is 2.10 bits per heavy atom. The Morgan fingerprint density at radius 3 is 2.60 bits per heavy atom. The summed E-state index contributed by atoms with van der Waals surface area (Å²) >= 11 is -0.380. The topological polar surface area (TPSA) is 112 Å².